The van der Waals surface area contributed by atoms with E-state index in [0.29, 0.717) is 11.3 Å². The van der Waals surface area contributed by atoms with Gasteiger partial charge in [0.15, 0.2) is 0 Å². The van der Waals surface area contributed by atoms with E-state index in [1.807, 2.05) is 25.1 Å². The number of allylic oxidation sites excluding steroid dienone is 1. The molecule has 1 aromatic heterocycles. The van der Waals surface area contributed by atoms with Crippen LogP contribution in [0, 0.1) is 5.82 Å². The minimum atomic E-state index is -0.396. The van der Waals surface area contributed by atoms with Crippen molar-refractivity contribution in [3.8, 4) is 5.75 Å². The van der Waals surface area contributed by atoms with E-state index in [0.717, 1.165) is 34.0 Å². The van der Waals surface area contributed by atoms with E-state index in [-0.39, 0.29) is 13.0 Å². The van der Waals surface area contributed by atoms with Gasteiger partial charge in [-0.3, -0.25) is 0 Å². The van der Waals surface area contributed by atoms with Crippen molar-refractivity contribution in [3.63, 3.8) is 0 Å². The van der Waals surface area contributed by atoms with Gasteiger partial charge < -0.3 is 13.9 Å². The van der Waals surface area contributed by atoms with Gasteiger partial charge in [-0.2, -0.15) is 0 Å². The van der Waals surface area contributed by atoms with Crippen molar-refractivity contribution in [1.82, 2.24) is 0 Å². The number of hydrogen-bond donors (Lipinski definition) is 0. The summed E-state index contributed by atoms with van der Waals surface area (Å²) in [6.45, 7) is 6.15. The molecule has 0 unspecified atom stereocenters. The van der Waals surface area contributed by atoms with Crippen LogP contribution in [-0.2, 0) is 17.8 Å². The molecule has 0 saturated heterocycles. The fraction of sp³-hybridized carbons (Fsp3) is 0.150. The minimum Gasteiger partial charge on any atom is -0.489 e. The number of fused-ring (bicyclic) bond motifs is 1. The Balaban J connectivity index is 1.90. The second-order valence-corrected chi connectivity index (χ2v) is 5.67. The average molecular weight is 324 g/mol. The zero-order valence-electron chi connectivity index (χ0n) is 13.3. The molecule has 0 fully saturated rings. The van der Waals surface area contributed by atoms with Gasteiger partial charge in [-0.15, -0.1) is 0 Å². The molecular formula is C20H17FO3. The third-order valence-corrected chi connectivity index (χ3v) is 3.80. The predicted octanol–water partition coefficient (Wildman–Crippen LogP) is 4.93. The van der Waals surface area contributed by atoms with Crippen LogP contribution in [0.4, 0.5) is 4.39 Å². The lowest BCUT2D eigenvalue weighted by Gasteiger charge is -2.12. The second-order valence-electron chi connectivity index (χ2n) is 5.67. The number of carbonyl (C=O) groups is 1. The molecule has 0 aliphatic rings. The summed E-state index contributed by atoms with van der Waals surface area (Å²) in [5.41, 5.74) is 4.19. The Morgan fingerprint density at radius 3 is 2.88 bits per heavy atom. The first-order valence-corrected chi connectivity index (χ1v) is 7.59. The van der Waals surface area contributed by atoms with Crippen molar-refractivity contribution < 1.29 is 18.3 Å². The highest BCUT2D eigenvalue weighted by molar-refractivity contribution is 5.89. The normalized spacial score (nSPS) is 10.8. The molecule has 122 valence electrons. The van der Waals surface area contributed by atoms with Crippen LogP contribution in [0.25, 0.3) is 16.5 Å². The largest absolute Gasteiger partial charge is 0.489 e. The maximum Gasteiger partial charge on any atom is 0.141 e. The molecule has 2 aromatic carbocycles. The Labute approximate surface area is 139 Å². The number of hydrogen-bond acceptors (Lipinski definition) is 3. The quantitative estimate of drug-likeness (QED) is 0.604. The van der Waals surface area contributed by atoms with Crippen LogP contribution in [-0.4, -0.2) is 6.29 Å². The van der Waals surface area contributed by atoms with Gasteiger partial charge in [0.1, 0.15) is 30.0 Å². The molecule has 0 bridgehead atoms. The lowest BCUT2D eigenvalue weighted by atomic mass is 10.0. The number of ether oxygens (including phenoxy) is 1. The van der Waals surface area contributed by atoms with E-state index in [1.54, 1.807) is 12.3 Å². The predicted molar refractivity (Wildman–Crippen MR) is 91.4 cm³/mol. The lowest BCUT2D eigenvalue weighted by Crippen LogP contribution is -2.00. The molecule has 0 aliphatic carbocycles. The molecule has 0 N–H and O–H groups in total. The van der Waals surface area contributed by atoms with Crippen molar-refractivity contribution in [2.75, 3.05) is 0 Å². The summed E-state index contributed by atoms with van der Waals surface area (Å²) < 4.78 is 24.7. The fourth-order valence-corrected chi connectivity index (χ4v) is 2.63. The molecule has 4 heteroatoms. The summed E-state index contributed by atoms with van der Waals surface area (Å²) in [4.78, 5) is 10.8. The number of rotatable bonds is 6. The van der Waals surface area contributed by atoms with Gasteiger partial charge in [-0.1, -0.05) is 12.6 Å². The van der Waals surface area contributed by atoms with Crippen molar-refractivity contribution in [1.29, 1.82) is 0 Å². The number of halogens is 1. The highest BCUT2D eigenvalue weighted by atomic mass is 19.1. The van der Waals surface area contributed by atoms with Crippen LogP contribution in [0.1, 0.15) is 23.6 Å². The summed E-state index contributed by atoms with van der Waals surface area (Å²) >= 11 is 0. The first kappa shape index (κ1) is 16.0. The van der Waals surface area contributed by atoms with Gasteiger partial charge >= 0.3 is 0 Å². The third-order valence-electron chi connectivity index (χ3n) is 3.80. The van der Waals surface area contributed by atoms with E-state index in [9.17, 15) is 9.18 Å². The molecule has 0 saturated carbocycles. The smallest absolute Gasteiger partial charge is 0.141 e. The van der Waals surface area contributed by atoms with Crippen LogP contribution in [0.5, 0.6) is 5.75 Å². The van der Waals surface area contributed by atoms with Gasteiger partial charge in [0.2, 0.25) is 0 Å². The summed E-state index contributed by atoms with van der Waals surface area (Å²) in [5.74, 6) is -0.0150. The molecule has 0 spiro atoms. The van der Waals surface area contributed by atoms with Crippen molar-refractivity contribution in [2.24, 2.45) is 0 Å². The van der Waals surface area contributed by atoms with E-state index < -0.39 is 5.82 Å². The zero-order chi connectivity index (χ0) is 17.1. The first-order chi connectivity index (χ1) is 11.6. The van der Waals surface area contributed by atoms with E-state index in [2.05, 4.69) is 6.58 Å². The maximum absolute atomic E-state index is 13.5. The van der Waals surface area contributed by atoms with Crippen molar-refractivity contribution >= 4 is 22.8 Å². The zero-order valence-corrected chi connectivity index (χ0v) is 13.3. The van der Waals surface area contributed by atoms with Crippen LogP contribution in [0.3, 0.4) is 0 Å². The Morgan fingerprint density at radius 1 is 1.29 bits per heavy atom. The number of carbonyl (C=O) groups excluding carboxylic acids is 1. The summed E-state index contributed by atoms with van der Waals surface area (Å²) in [7, 11) is 0. The van der Waals surface area contributed by atoms with E-state index in [4.69, 9.17) is 9.15 Å². The average Bonchev–Trinajstić information content (AvgIpc) is 3.02. The Kier molecular flexibility index (Phi) is 4.47. The van der Waals surface area contributed by atoms with Gasteiger partial charge in [-0.25, -0.2) is 4.39 Å². The molecule has 0 aliphatic heterocycles. The van der Waals surface area contributed by atoms with Crippen LogP contribution < -0.4 is 4.74 Å². The van der Waals surface area contributed by atoms with Crippen LogP contribution >= 0.6 is 0 Å². The van der Waals surface area contributed by atoms with E-state index in [1.165, 1.54) is 12.1 Å². The van der Waals surface area contributed by atoms with Gasteiger partial charge in [0, 0.05) is 29.0 Å². The highest BCUT2D eigenvalue weighted by Crippen LogP contribution is 2.28. The van der Waals surface area contributed by atoms with Gasteiger partial charge in [0.25, 0.3) is 0 Å². The van der Waals surface area contributed by atoms with Gasteiger partial charge in [-0.05, 0) is 42.3 Å². The Hall–Kier alpha value is -2.88. The molecule has 3 rings (SSSR count). The van der Waals surface area contributed by atoms with Crippen molar-refractivity contribution in [3.05, 3.63) is 71.7 Å². The number of furan rings is 1. The molecule has 3 aromatic rings. The Morgan fingerprint density at radius 2 is 2.12 bits per heavy atom. The van der Waals surface area contributed by atoms with Crippen LogP contribution in [0.2, 0.25) is 0 Å². The summed E-state index contributed by atoms with van der Waals surface area (Å²) in [6.07, 6.45) is 2.60. The first-order valence-electron chi connectivity index (χ1n) is 7.59. The number of benzene rings is 2. The monoisotopic (exact) mass is 324 g/mol. The summed E-state index contributed by atoms with van der Waals surface area (Å²) in [5, 5.41) is 0.960. The van der Waals surface area contributed by atoms with Gasteiger partial charge in [0.05, 0.1) is 6.26 Å². The lowest BCUT2D eigenvalue weighted by molar-refractivity contribution is -0.107. The third kappa shape index (κ3) is 3.23. The van der Waals surface area contributed by atoms with Crippen LogP contribution in [0.15, 0.2) is 53.7 Å². The molecular weight excluding hydrogens is 307 g/mol. The molecule has 0 radical (unpaired) electrons. The van der Waals surface area contributed by atoms with E-state index >= 15 is 0 Å². The fourth-order valence-electron chi connectivity index (χ4n) is 2.63. The molecule has 24 heavy (non-hydrogen) atoms. The molecule has 3 nitrogen and oxygen atoms in total. The summed E-state index contributed by atoms with van der Waals surface area (Å²) in [6, 6.07) is 9.98. The highest BCUT2D eigenvalue weighted by Gasteiger charge is 2.10. The minimum absolute atomic E-state index is 0.188. The number of aldehydes is 1. The Bertz CT molecular complexity index is 908. The second kappa shape index (κ2) is 6.71. The van der Waals surface area contributed by atoms with Crippen molar-refractivity contribution in [2.45, 2.75) is 20.0 Å². The molecule has 1 heterocycles. The maximum atomic E-state index is 13.5. The molecule has 0 atom stereocenters. The molecule has 0 amide bonds. The topological polar surface area (TPSA) is 39.4 Å². The SMILES string of the molecule is C=C(C)c1cc(COc2cc(F)ccc2CC=O)cc2ccoc12. The standard InChI is InChI=1S/C20H17FO3/c1-13(2)18-10-14(9-16-6-8-23-20(16)18)12-24-19-11-17(21)4-3-15(19)5-7-22/h3-4,6-11H,1,5,12H2,2H3.